The van der Waals surface area contributed by atoms with Crippen LogP contribution >= 0.6 is 0 Å². The molecule has 0 bridgehead atoms. The minimum atomic E-state index is -1.04. The summed E-state index contributed by atoms with van der Waals surface area (Å²) in [6.45, 7) is 1.79. The van der Waals surface area contributed by atoms with E-state index in [0.717, 1.165) is 4.90 Å². The van der Waals surface area contributed by atoms with E-state index in [-0.39, 0.29) is 35.8 Å². The van der Waals surface area contributed by atoms with Crippen LogP contribution in [0.25, 0.3) is 0 Å². The average Bonchev–Trinajstić information content (AvgIpc) is 2.99. The Labute approximate surface area is 177 Å². The Morgan fingerprint density at radius 1 is 1.16 bits per heavy atom. The number of nitrogens with zero attached hydrogens (tertiary/aromatic N) is 1. The van der Waals surface area contributed by atoms with Crippen LogP contribution in [-0.2, 0) is 9.59 Å². The molecule has 2 aromatic carbocycles. The van der Waals surface area contributed by atoms with Gasteiger partial charge in [0.15, 0.2) is 11.6 Å². The van der Waals surface area contributed by atoms with E-state index in [2.05, 4.69) is 10.6 Å². The monoisotopic (exact) mass is 425 g/mol. The molecule has 2 aliphatic rings. The van der Waals surface area contributed by atoms with Gasteiger partial charge in [-0.15, -0.1) is 0 Å². The first-order chi connectivity index (χ1) is 14.8. The summed E-state index contributed by atoms with van der Waals surface area (Å²) in [4.78, 5) is 50.6. The van der Waals surface area contributed by atoms with Gasteiger partial charge in [-0.25, -0.2) is 4.39 Å². The zero-order valence-corrected chi connectivity index (χ0v) is 16.9. The third kappa shape index (κ3) is 3.52. The number of rotatable bonds is 5. The van der Waals surface area contributed by atoms with Gasteiger partial charge in [0, 0.05) is 18.2 Å². The molecule has 0 aliphatic carbocycles. The van der Waals surface area contributed by atoms with Crippen LogP contribution in [0.4, 0.5) is 10.1 Å². The normalized spacial score (nSPS) is 19.2. The molecule has 2 heterocycles. The molecule has 0 saturated carbocycles. The first-order valence-corrected chi connectivity index (χ1v) is 9.76. The van der Waals surface area contributed by atoms with E-state index in [1.54, 1.807) is 25.1 Å². The number of halogens is 1. The first kappa shape index (κ1) is 20.5. The van der Waals surface area contributed by atoms with Crippen LogP contribution in [0.2, 0.25) is 0 Å². The number of hydrogen-bond acceptors (Lipinski definition) is 6. The molecular weight excluding hydrogens is 405 g/mol. The van der Waals surface area contributed by atoms with Gasteiger partial charge in [-0.2, -0.15) is 0 Å². The van der Waals surface area contributed by atoms with Gasteiger partial charge < -0.3 is 10.1 Å². The number of nitrogens with one attached hydrogen (secondary N) is 2. The summed E-state index contributed by atoms with van der Waals surface area (Å²) < 4.78 is 19.0. The highest BCUT2D eigenvalue weighted by molar-refractivity contribution is 6.25. The summed E-state index contributed by atoms with van der Waals surface area (Å²) in [6.07, 6.45) is 0.134. The van der Waals surface area contributed by atoms with Crippen molar-refractivity contribution in [3.05, 3.63) is 58.9 Å². The maximum absolute atomic E-state index is 14.1. The van der Waals surface area contributed by atoms with Crippen LogP contribution < -0.4 is 15.4 Å². The summed E-state index contributed by atoms with van der Waals surface area (Å²) in [7, 11) is 1.38. The number of amides is 4. The van der Waals surface area contributed by atoms with Crippen molar-refractivity contribution in [1.82, 2.24) is 10.2 Å². The molecule has 4 amide bonds. The van der Waals surface area contributed by atoms with Crippen molar-refractivity contribution in [3.63, 3.8) is 0 Å². The Bertz CT molecular complexity index is 1120. The predicted molar refractivity (Wildman–Crippen MR) is 108 cm³/mol. The quantitative estimate of drug-likeness (QED) is 0.713. The lowest BCUT2D eigenvalue weighted by Gasteiger charge is -2.28. The zero-order valence-electron chi connectivity index (χ0n) is 16.9. The molecule has 31 heavy (non-hydrogen) atoms. The Kier molecular flexibility index (Phi) is 5.18. The molecule has 0 aromatic heterocycles. The lowest BCUT2D eigenvalue weighted by molar-refractivity contribution is -0.136. The number of piperidine rings is 1. The summed E-state index contributed by atoms with van der Waals surface area (Å²) >= 11 is 0. The fourth-order valence-corrected chi connectivity index (χ4v) is 3.90. The fourth-order valence-electron chi connectivity index (χ4n) is 3.90. The second-order valence-corrected chi connectivity index (χ2v) is 7.44. The minimum absolute atomic E-state index is 0.0506. The molecule has 9 heteroatoms. The van der Waals surface area contributed by atoms with Crippen LogP contribution in [0.3, 0.4) is 0 Å². The van der Waals surface area contributed by atoms with Crippen molar-refractivity contribution in [2.24, 2.45) is 0 Å². The van der Waals surface area contributed by atoms with E-state index in [0.29, 0.717) is 11.3 Å². The van der Waals surface area contributed by atoms with Crippen molar-refractivity contribution in [2.45, 2.75) is 31.8 Å². The number of imide groups is 2. The first-order valence-electron chi connectivity index (χ1n) is 9.76. The Morgan fingerprint density at radius 3 is 2.61 bits per heavy atom. The summed E-state index contributed by atoms with van der Waals surface area (Å²) in [5.41, 5.74) is 1.34. The minimum Gasteiger partial charge on any atom is -0.494 e. The van der Waals surface area contributed by atoms with E-state index in [9.17, 15) is 23.6 Å². The lowest BCUT2D eigenvalue weighted by Crippen LogP contribution is -2.54. The summed E-state index contributed by atoms with van der Waals surface area (Å²) in [6, 6.07) is 7.91. The molecule has 2 N–H and O–H groups in total. The largest absolute Gasteiger partial charge is 0.494 e. The maximum atomic E-state index is 14.1. The van der Waals surface area contributed by atoms with Crippen molar-refractivity contribution in [3.8, 4) is 5.75 Å². The molecule has 1 unspecified atom stereocenters. The predicted octanol–water partition coefficient (Wildman–Crippen LogP) is 2.41. The number of ether oxygens (including phenoxy) is 1. The molecule has 160 valence electrons. The second kappa shape index (κ2) is 7.82. The Morgan fingerprint density at radius 2 is 1.94 bits per heavy atom. The van der Waals surface area contributed by atoms with Gasteiger partial charge in [-0.1, -0.05) is 12.1 Å². The van der Waals surface area contributed by atoms with E-state index in [1.165, 1.54) is 25.3 Å². The number of carbonyl (C=O) groups excluding carboxylic acids is 4. The molecule has 8 nitrogen and oxygen atoms in total. The molecular formula is C22H20FN3O5. The third-order valence-electron chi connectivity index (χ3n) is 5.52. The molecule has 1 fully saturated rings. The molecule has 2 aromatic rings. The van der Waals surface area contributed by atoms with E-state index in [1.807, 2.05) is 0 Å². The zero-order chi connectivity index (χ0) is 22.3. The van der Waals surface area contributed by atoms with Crippen molar-refractivity contribution in [1.29, 1.82) is 0 Å². The molecule has 2 atom stereocenters. The molecule has 0 spiro atoms. The number of fused-ring (bicyclic) bond motifs is 1. The van der Waals surface area contributed by atoms with Gasteiger partial charge in [0.25, 0.3) is 11.8 Å². The maximum Gasteiger partial charge on any atom is 0.264 e. The van der Waals surface area contributed by atoms with Gasteiger partial charge in [0.2, 0.25) is 11.8 Å². The molecule has 0 radical (unpaired) electrons. The highest BCUT2D eigenvalue weighted by Crippen LogP contribution is 2.34. The number of methoxy groups -OCH3 is 1. The number of anilines is 1. The smallest absolute Gasteiger partial charge is 0.264 e. The summed E-state index contributed by atoms with van der Waals surface area (Å²) in [5, 5.41) is 5.33. The molecule has 2 aliphatic heterocycles. The van der Waals surface area contributed by atoms with Crippen molar-refractivity contribution >= 4 is 29.3 Å². The van der Waals surface area contributed by atoms with Crippen LogP contribution in [0.1, 0.15) is 52.1 Å². The SMILES string of the molecule is COc1ccc([C@H](C)Nc2cccc3c2C(=O)N(C2CCC(=O)NC2=O)C3=O)cc1F. The van der Waals surface area contributed by atoms with Crippen LogP contribution in [0, 0.1) is 5.82 Å². The van der Waals surface area contributed by atoms with E-state index < -0.39 is 35.5 Å². The van der Waals surface area contributed by atoms with Crippen molar-refractivity contribution in [2.75, 3.05) is 12.4 Å². The number of benzene rings is 2. The summed E-state index contributed by atoms with van der Waals surface area (Å²) in [5.74, 6) is -2.67. The van der Waals surface area contributed by atoms with Crippen LogP contribution in [0.15, 0.2) is 36.4 Å². The Hall–Kier alpha value is -3.75. The molecule has 4 rings (SSSR count). The van der Waals surface area contributed by atoms with E-state index >= 15 is 0 Å². The van der Waals surface area contributed by atoms with Gasteiger partial charge in [-0.3, -0.25) is 29.4 Å². The third-order valence-corrected chi connectivity index (χ3v) is 5.52. The van der Waals surface area contributed by atoms with E-state index in [4.69, 9.17) is 4.74 Å². The number of carbonyl (C=O) groups is 4. The van der Waals surface area contributed by atoms with Gasteiger partial charge in [-0.05, 0) is 43.2 Å². The van der Waals surface area contributed by atoms with Gasteiger partial charge in [0.05, 0.1) is 18.2 Å². The lowest BCUT2D eigenvalue weighted by atomic mass is 10.0. The highest BCUT2D eigenvalue weighted by atomic mass is 19.1. The topological polar surface area (TPSA) is 105 Å². The fraction of sp³-hybridized carbons (Fsp3) is 0.273. The van der Waals surface area contributed by atoms with Crippen LogP contribution in [-0.4, -0.2) is 41.7 Å². The van der Waals surface area contributed by atoms with Gasteiger partial charge >= 0.3 is 0 Å². The highest BCUT2D eigenvalue weighted by Gasteiger charge is 2.45. The van der Waals surface area contributed by atoms with Crippen molar-refractivity contribution < 1.29 is 28.3 Å². The van der Waals surface area contributed by atoms with Crippen LogP contribution in [0.5, 0.6) is 5.75 Å². The standard InChI is InChI=1S/C22H20FN3O5/c1-11(12-6-8-17(31-2)14(23)10-12)24-15-5-3-4-13-19(15)22(30)26(21(13)29)16-7-9-18(27)25-20(16)28/h3-6,8,10-11,16,24H,7,9H2,1-2H3,(H,25,27,28)/t11-,16?/m0/s1. The molecule has 1 saturated heterocycles. The Balaban J connectivity index is 1.62. The van der Waals surface area contributed by atoms with Gasteiger partial charge in [0.1, 0.15) is 6.04 Å². The second-order valence-electron chi connectivity index (χ2n) is 7.44. The number of hydrogen-bond donors (Lipinski definition) is 2. The average molecular weight is 425 g/mol.